The van der Waals surface area contributed by atoms with Gasteiger partial charge in [0.2, 0.25) is 0 Å². The molecule has 190 valence electrons. The summed E-state index contributed by atoms with van der Waals surface area (Å²) in [6.45, 7) is 4.20. The van der Waals surface area contributed by atoms with Gasteiger partial charge in [-0.05, 0) is 49.2 Å². The molecule has 5 atom stereocenters. The number of thioether (sulfide) groups is 1. The molecule has 2 aliphatic rings. The van der Waals surface area contributed by atoms with Crippen LogP contribution in [0.5, 0.6) is 11.5 Å². The second-order valence-corrected chi connectivity index (χ2v) is 10.2. The van der Waals surface area contributed by atoms with Crippen LogP contribution in [0.4, 0.5) is 0 Å². The van der Waals surface area contributed by atoms with Crippen molar-refractivity contribution in [3.8, 4) is 11.5 Å². The van der Waals surface area contributed by atoms with Crippen LogP contribution in [-0.2, 0) is 27.4 Å². The summed E-state index contributed by atoms with van der Waals surface area (Å²) in [6.07, 6.45) is -1.52. The molecule has 35 heavy (non-hydrogen) atoms. The van der Waals surface area contributed by atoms with E-state index in [4.69, 9.17) is 23.7 Å². The lowest BCUT2D eigenvalue weighted by molar-refractivity contribution is -0.239. The lowest BCUT2D eigenvalue weighted by atomic mass is 9.88. The molecule has 0 bridgehead atoms. The fourth-order valence-electron chi connectivity index (χ4n) is 4.27. The van der Waals surface area contributed by atoms with Crippen LogP contribution in [-0.4, -0.2) is 66.9 Å². The van der Waals surface area contributed by atoms with Crippen molar-refractivity contribution in [2.24, 2.45) is 4.99 Å². The number of methoxy groups -OCH3 is 2. The quantitative estimate of drug-likeness (QED) is 0.540. The third-order valence-electron chi connectivity index (χ3n) is 6.17. The number of rotatable bonds is 9. The SMILES string of the molecule is CN=C1N[C@@H]2[C@@H](OCc3ccc(OC)cc3)[C@@H](OCc3ccc(OC)cc3)[C@@H](C(C)(C)O)O[C@@H]2S1. The van der Waals surface area contributed by atoms with Crippen molar-refractivity contribution in [2.45, 2.75) is 62.5 Å². The van der Waals surface area contributed by atoms with Crippen molar-refractivity contribution in [1.82, 2.24) is 5.32 Å². The summed E-state index contributed by atoms with van der Waals surface area (Å²) in [4.78, 5) is 4.31. The highest BCUT2D eigenvalue weighted by Crippen LogP contribution is 2.40. The van der Waals surface area contributed by atoms with Gasteiger partial charge in [-0.3, -0.25) is 4.99 Å². The molecular formula is C26H34N2O6S. The third-order valence-corrected chi connectivity index (χ3v) is 7.33. The molecule has 0 aliphatic carbocycles. The average Bonchev–Trinajstić information content (AvgIpc) is 3.29. The first kappa shape index (κ1) is 25.8. The molecule has 2 aromatic rings. The van der Waals surface area contributed by atoms with Crippen molar-refractivity contribution in [2.75, 3.05) is 21.3 Å². The maximum absolute atomic E-state index is 11.0. The summed E-state index contributed by atoms with van der Waals surface area (Å²) >= 11 is 1.50. The zero-order valence-electron chi connectivity index (χ0n) is 20.8. The number of nitrogens with zero attached hydrogens (tertiary/aromatic N) is 1. The van der Waals surface area contributed by atoms with Crippen LogP contribution in [0.2, 0.25) is 0 Å². The van der Waals surface area contributed by atoms with Gasteiger partial charge in [-0.2, -0.15) is 0 Å². The molecule has 0 unspecified atom stereocenters. The zero-order chi connectivity index (χ0) is 25.0. The molecular weight excluding hydrogens is 468 g/mol. The van der Waals surface area contributed by atoms with Crippen molar-refractivity contribution in [1.29, 1.82) is 0 Å². The van der Waals surface area contributed by atoms with E-state index in [-0.39, 0.29) is 11.5 Å². The lowest BCUT2D eigenvalue weighted by Crippen LogP contribution is -2.65. The van der Waals surface area contributed by atoms with E-state index in [1.54, 1.807) is 35.1 Å². The number of hydrogen-bond donors (Lipinski definition) is 2. The van der Waals surface area contributed by atoms with E-state index in [0.29, 0.717) is 13.2 Å². The number of benzene rings is 2. The van der Waals surface area contributed by atoms with E-state index in [1.165, 1.54) is 11.8 Å². The largest absolute Gasteiger partial charge is 0.497 e. The van der Waals surface area contributed by atoms with E-state index in [1.807, 2.05) is 48.5 Å². The first-order valence-electron chi connectivity index (χ1n) is 11.6. The number of aliphatic imine (C=N–C) groups is 1. The number of amidine groups is 1. The maximum Gasteiger partial charge on any atom is 0.159 e. The Morgan fingerprint density at radius 2 is 1.43 bits per heavy atom. The van der Waals surface area contributed by atoms with Gasteiger partial charge in [0.25, 0.3) is 0 Å². The van der Waals surface area contributed by atoms with Crippen LogP contribution in [0.1, 0.15) is 25.0 Å². The summed E-state index contributed by atoms with van der Waals surface area (Å²) < 4.78 is 29.8. The van der Waals surface area contributed by atoms with Crippen molar-refractivity contribution >= 4 is 16.9 Å². The molecule has 0 radical (unpaired) electrons. The molecule has 2 aliphatic heterocycles. The molecule has 0 aromatic heterocycles. The smallest absolute Gasteiger partial charge is 0.159 e. The second-order valence-electron chi connectivity index (χ2n) is 9.14. The summed E-state index contributed by atoms with van der Waals surface area (Å²) in [5.74, 6) is 1.58. The predicted octanol–water partition coefficient (Wildman–Crippen LogP) is 3.36. The summed E-state index contributed by atoms with van der Waals surface area (Å²) in [5.41, 5.74) is 0.592. The standard InChI is InChI=1S/C26H34N2O6S/c1-26(2,29)23-22(33-15-17-8-12-19(31-5)13-9-17)21(20-24(34-23)35-25(27-3)28-20)32-14-16-6-10-18(30-4)11-7-16/h6-13,20-24,29H,14-15H2,1-5H3,(H,27,28)/t20-,21-,22-,23+,24-/m1/s1. The number of hydrogen-bond acceptors (Lipinski definition) is 8. The van der Waals surface area contributed by atoms with Crippen LogP contribution < -0.4 is 14.8 Å². The Balaban J connectivity index is 1.58. The van der Waals surface area contributed by atoms with Gasteiger partial charge in [-0.15, -0.1) is 0 Å². The molecule has 0 spiro atoms. The van der Waals surface area contributed by atoms with Crippen molar-refractivity contribution in [3.05, 3.63) is 59.7 Å². The molecule has 2 aromatic carbocycles. The fraction of sp³-hybridized carbons (Fsp3) is 0.500. The molecule has 0 amide bonds. The van der Waals surface area contributed by atoms with Crippen LogP contribution in [0.3, 0.4) is 0 Å². The highest BCUT2D eigenvalue weighted by Gasteiger charge is 2.54. The first-order valence-corrected chi connectivity index (χ1v) is 12.5. The monoisotopic (exact) mass is 502 g/mol. The summed E-state index contributed by atoms with van der Waals surface area (Å²) in [7, 11) is 5.02. The molecule has 2 saturated heterocycles. The van der Waals surface area contributed by atoms with Gasteiger partial charge < -0.3 is 34.1 Å². The lowest BCUT2D eigenvalue weighted by Gasteiger charge is -2.47. The fourth-order valence-corrected chi connectivity index (χ4v) is 5.35. The Bertz CT molecular complexity index is 992. The minimum Gasteiger partial charge on any atom is -0.497 e. The number of aliphatic hydroxyl groups is 1. The van der Waals surface area contributed by atoms with Gasteiger partial charge in [0.05, 0.1) is 39.1 Å². The molecule has 2 N–H and O–H groups in total. The van der Waals surface area contributed by atoms with Gasteiger partial charge >= 0.3 is 0 Å². The van der Waals surface area contributed by atoms with E-state index < -0.39 is 23.9 Å². The second kappa shape index (κ2) is 11.2. The van der Waals surface area contributed by atoms with Crippen molar-refractivity contribution < 1.29 is 28.8 Å². The Kier molecular flexibility index (Phi) is 8.23. The third kappa shape index (κ3) is 6.10. The first-order chi connectivity index (χ1) is 16.8. The highest BCUT2D eigenvalue weighted by atomic mass is 32.2. The van der Waals surface area contributed by atoms with Crippen molar-refractivity contribution in [3.63, 3.8) is 0 Å². The van der Waals surface area contributed by atoms with E-state index in [9.17, 15) is 5.11 Å². The van der Waals surface area contributed by atoms with Gasteiger partial charge in [0.1, 0.15) is 35.2 Å². The summed E-state index contributed by atoms with van der Waals surface area (Å²) in [6, 6.07) is 15.3. The predicted molar refractivity (Wildman–Crippen MR) is 136 cm³/mol. The molecule has 2 fully saturated rings. The average molecular weight is 503 g/mol. The summed E-state index contributed by atoms with van der Waals surface area (Å²) in [5, 5.41) is 15.2. The Morgan fingerprint density at radius 1 is 0.914 bits per heavy atom. The maximum atomic E-state index is 11.0. The molecule has 4 rings (SSSR count). The van der Waals surface area contributed by atoms with Crippen LogP contribution >= 0.6 is 11.8 Å². The van der Waals surface area contributed by atoms with Gasteiger partial charge in [0.15, 0.2) is 5.17 Å². The number of nitrogens with one attached hydrogen (secondary N) is 1. The zero-order valence-corrected chi connectivity index (χ0v) is 21.6. The Morgan fingerprint density at radius 3 is 1.89 bits per heavy atom. The van der Waals surface area contributed by atoms with Gasteiger partial charge in [0, 0.05) is 7.05 Å². The highest BCUT2D eigenvalue weighted by molar-refractivity contribution is 8.14. The Labute approximate surface area is 211 Å². The van der Waals surface area contributed by atoms with Crippen LogP contribution in [0.25, 0.3) is 0 Å². The molecule has 9 heteroatoms. The Hall–Kier alpha value is -2.30. The molecule has 0 saturated carbocycles. The topological polar surface area (TPSA) is 90.8 Å². The van der Waals surface area contributed by atoms with E-state index in [0.717, 1.165) is 27.8 Å². The van der Waals surface area contributed by atoms with E-state index >= 15 is 0 Å². The minimum absolute atomic E-state index is 0.184. The molecule has 2 heterocycles. The van der Waals surface area contributed by atoms with Gasteiger partial charge in [-0.25, -0.2) is 0 Å². The molecule has 8 nitrogen and oxygen atoms in total. The normalized spacial score (nSPS) is 27.4. The van der Waals surface area contributed by atoms with Crippen LogP contribution in [0, 0.1) is 0 Å². The minimum atomic E-state index is -1.15. The number of fused-ring (bicyclic) bond motifs is 1. The van der Waals surface area contributed by atoms with Crippen LogP contribution in [0.15, 0.2) is 53.5 Å². The van der Waals surface area contributed by atoms with E-state index in [2.05, 4.69) is 10.3 Å². The van der Waals surface area contributed by atoms with Gasteiger partial charge in [-0.1, -0.05) is 36.0 Å². The number of ether oxygens (including phenoxy) is 5.